The van der Waals surface area contributed by atoms with Gasteiger partial charge in [0.15, 0.2) is 0 Å². The molecule has 0 spiro atoms. The maximum atomic E-state index is 4.28. The third-order valence-electron chi connectivity index (χ3n) is 3.92. The summed E-state index contributed by atoms with van der Waals surface area (Å²) in [6.45, 7) is 3.36. The molecule has 1 aliphatic carbocycles. The van der Waals surface area contributed by atoms with Crippen molar-refractivity contribution in [2.24, 2.45) is 11.8 Å². The minimum Gasteiger partial charge on any atom is -0.372 e. The highest BCUT2D eigenvalue weighted by Crippen LogP contribution is 2.31. The van der Waals surface area contributed by atoms with Gasteiger partial charge in [-0.1, -0.05) is 26.2 Å². The normalized spacial score (nSPS) is 23.1. The SMILES string of the molecule is CNc1ncnc(NCCC2CCCC(C)C2)c1Br. The molecule has 106 valence electrons. The van der Waals surface area contributed by atoms with Gasteiger partial charge in [0.2, 0.25) is 0 Å². The van der Waals surface area contributed by atoms with Gasteiger partial charge in [-0.05, 0) is 40.6 Å². The Morgan fingerprint density at radius 1 is 1.32 bits per heavy atom. The van der Waals surface area contributed by atoms with Crippen LogP contribution in [-0.4, -0.2) is 23.6 Å². The Kier molecular flexibility index (Phi) is 5.43. The van der Waals surface area contributed by atoms with E-state index >= 15 is 0 Å². The van der Waals surface area contributed by atoms with E-state index in [1.165, 1.54) is 32.1 Å². The highest BCUT2D eigenvalue weighted by atomic mass is 79.9. The summed E-state index contributed by atoms with van der Waals surface area (Å²) in [5, 5.41) is 6.46. The molecule has 5 heteroatoms. The predicted molar refractivity (Wildman–Crippen MR) is 83.5 cm³/mol. The lowest BCUT2D eigenvalue weighted by Crippen LogP contribution is -2.17. The van der Waals surface area contributed by atoms with Crippen molar-refractivity contribution >= 4 is 27.6 Å². The highest BCUT2D eigenvalue weighted by Gasteiger charge is 2.18. The summed E-state index contributed by atoms with van der Waals surface area (Å²) in [6.07, 6.45) is 8.39. The number of rotatable bonds is 5. The first-order valence-corrected chi connectivity index (χ1v) is 7.92. The van der Waals surface area contributed by atoms with Crippen LogP contribution in [0, 0.1) is 11.8 Å². The summed E-state index contributed by atoms with van der Waals surface area (Å²) >= 11 is 3.53. The van der Waals surface area contributed by atoms with Crippen LogP contribution in [0.2, 0.25) is 0 Å². The number of hydrogen-bond acceptors (Lipinski definition) is 4. The van der Waals surface area contributed by atoms with Crippen molar-refractivity contribution in [1.29, 1.82) is 0 Å². The molecule has 1 fully saturated rings. The summed E-state index contributed by atoms with van der Waals surface area (Å²) in [6, 6.07) is 0. The molecule has 2 rings (SSSR count). The summed E-state index contributed by atoms with van der Waals surface area (Å²) in [5.74, 6) is 3.48. The highest BCUT2D eigenvalue weighted by molar-refractivity contribution is 9.10. The van der Waals surface area contributed by atoms with Gasteiger partial charge >= 0.3 is 0 Å². The Morgan fingerprint density at radius 3 is 2.84 bits per heavy atom. The van der Waals surface area contributed by atoms with Crippen molar-refractivity contribution in [3.63, 3.8) is 0 Å². The number of hydrogen-bond donors (Lipinski definition) is 2. The van der Waals surface area contributed by atoms with E-state index in [2.05, 4.69) is 43.5 Å². The van der Waals surface area contributed by atoms with Gasteiger partial charge in [-0.3, -0.25) is 0 Å². The molecule has 19 heavy (non-hydrogen) atoms. The van der Waals surface area contributed by atoms with Crippen LogP contribution in [0.15, 0.2) is 10.8 Å². The molecule has 1 aliphatic rings. The molecule has 1 saturated carbocycles. The minimum atomic E-state index is 0.823. The summed E-state index contributed by atoms with van der Waals surface area (Å²) in [4.78, 5) is 8.43. The number of aromatic nitrogens is 2. The lowest BCUT2D eigenvalue weighted by atomic mass is 9.81. The third-order valence-corrected chi connectivity index (χ3v) is 4.67. The van der Waals surface area contributed by atoms with Crippen molar-refractivity contribution in [3.05, 3.63) is 10.8 Å². The van der Waals surface area contributed by atoms with Crippen LogP contribution in [-0.2, 0) is 0 Å². The van der Waals surface area contributed by atoms with Crippen molar-refractivity contribution in [1.82, 2.24) is 9.97 Å². The van der Waals surface area contributed by atoms with Crippen LogP contribution in [0.3, 0.4) is 0 Å². The molecule has 0 aromatic carbocycles. The summed E-state index contributed by atoms with van der Waals surface area (Å²) < 4.78 is 0.912. The fourth-order valence-electron chi connectivity index (χ4n) is 2.88. The number of nitrogens with zero attached hydrogens (tertiary/aromatic N) is 2. The van der Waals surface area contributed by atoms with E-state index in [0.717, 1.165) is 34.5 Å². The molecule has 2 unspecified atom stereocenters. The van der Waals surface area contributed by atoms with E-state index in [-0.39, 0.29) is 0 Å². The Hall–Kier alpha value is -0.840. The second kappa shape index (κ2) is 7.08. The van der Waals surface area contributed by atoms with E-state index in [9.17, 15) is 0 Å². The molecule has 1 heterocycles. The second-order valence-corrected chi connectivity index (χ2v) is 6.28. The molecule has 1 aromatic rings. The van der Waals surface area contributed by atoms with Crippen molar-refractivity contribution < 1.29 is 0 Å². The lowest BCUT2D eigenvalue weighted by Gasteiger charge is -2.26. The minimum absolute atomic E-state index is 0.823. The van der Waals surface area contributed by atoms with Gasteiger partial charge < -0.3 is 10.6 Å². The van der Waals surface area contributed by atoms with Gasteiger partial charge in [-0.25, -0.2) is 9.97 Å². The average molecular weight is 327 g/mol. The van der Waals surface area contributed by atoms with Crippen LogP contribution in [0.25, 0.3) is 0 Å². The first-order valence-electron chi connectivity index (χ1n) is 7.12. The van der Waals surface area contributed by atoms with E-state index in [1.807, 2.05) is 7.05 Å². The summed E-state index contributed by atoms with van der Waals surface area (Å²) in [5.41, 5.74) is 0. The third kappa shape index (κ3) is 4.06. The van der Waals surface area contributed by atoms with Gasteiger partial charge in [0.1, 0.15) is 22.4 Å². The molecule has 2 atom stereocenters. The smallest absolute Gasteiger partial charge is 0.145 e. The topological polar surface area (TPSA) is 49.8 Å². The van der Waals surface area contributed by atoms with Crippen LogP contribution in [0.4, 0.5) is 11.6 Å². The Bertz CT molecular complexity index is 410. The average Bonchev–Trinajstić information content (AvgIpc) is 2.41. The molecule has 0 radical (unpaired) electrons. The molecule has 0 saturated heterocycles. The summed E-state index contributed by atoms with van der Waals surface area (Å²) in [7, 11) is 1.86. The Morgan fingerprint density at radius 2 is 2.11 bits per heavy atom. The number of halogens is 1. The van der Waals surface area contributed by atoms with Gasteiger partial charge in [0.05, 0.1) is 0 Å². The molecule has 1 aromatic heterocycles. The molecule has 0 bridgehead atoms. The molecule has 0 aliphatic heterocycles. The first-order chi connectivity index (χ1) is 9.20. The van der Waals surface area contributed by atoms with Crippen molar-refractivity contribution in [3.8, 4) is 0 Å². The standard InChI is InChI=1S/C14H23BrN4/c1-10-4-3-5-11(8-10)6-7-17-14-12(15)13(16-2)18-9-19-14/h9-11H,3-8H2,1-2H3,(H2,16,17,18,19). The second-order valence-electron chi connectivity index (χ2n) is 5.49. The zero-order valence-electron chi connectivity index (χ0n) is 11.7. The van der Waals surface area contributed by atoms with Gasteiger partial charge in [0, 0.05) is 13.6 Å². The van der Waals surface area contributed by atoms with Gasteiger partial charge in [0.25, 0.3) is 0 Å². The molecule has 2 N–H and O–H groups in total. The molecular formula is C14H23BrN4. The molecule has 0 amide bonds. The van der Waals surface area contributed by atoms with Crippen molar-refractivity contribution in [2.75, 3.05) is 24.2 Å². The monoisotopic (exact) mass is 326 g/mol. The fourth-order valence-corrected chi connectivity index (χ4v) is 3.43. The zero-order valence-corrected chi connectivity index (χ0v) is 13.3. The van der Waals surface area contributed by atoms with E-state index < -0.39 is 0 Å². The van der Waals surface area contributed by atoms with Crippen LogP contribution in [0.1, 0.15) is 39.0 Å². The molecular weight excluding hydrogens is 304 g/mol. The maximum Gasteiger partial charge on any atom is 0.145 e. The maximum absolute atomic E-state index is 4.28. The van der Waals surface area contributed by atoms with E-state index in [4.69, 9.17) is 0 Å². The van der Waals surface area contributed by atoms with Gasteiger partial charge in [-0.15, -0.1) is 0 Å². The number of anilines is 2. The first kappa shape index (κ1) is 14.6. The largest absolute Gasteiger partial charge is 0.372 e. The van der Waals surface area contributed by atoms with Crippen LogP contribution < -0.4 is 10.6 Å². The van der Waals surface area contributed by atoms with E-state index in [0.29, 0.717) is 0 Å². The quantitative estimate of drug-likeness (QED) is 0.861. The fraction of sp³-hybridized carbons (Fsp3) is 0.714. The van der Waals surface area contributed by atoms with Gasteiger partial charge in [-0.2, -0.15) is 0 Å². The predicted octanol–water partition coefficient (Wildman–Crippen LogP) is 3.91. The van der Waals surface area contributed by atoms with Crippen LogP contribution in [0.5, 0.6) is 0 Å². The van der Waals surface area contributed by atoms with E-state index in [1.54, 1.807) is 6.33 Å². The lowest BCUT2D eigenvalue weighted by molar-refractivity contribution is 0.274. The number of nitrogens with one attached hydrogen (secondary N) is 2. The van der Waals surface area contributed by atoms with Crippen LogP contribution >= 0.6 is 15.9 Å². The Balaban J connectivity index is 1.82. The van der Waals surface area contributed by atoms with Crippen molar-refractivity contribution in [2.45, 2.75) is 39.0 Å². The molecule has 4 nitrogen and oxygen atoms in total. The zero-order chi connectivity index (χ0) is 13.7. The Labute approximate surface area is 123 Å².